The fourth-order valence-corrected chi connectivity index (χ4v) is 0.951. The van der Waals surface area contributed by atoms with Crippen LogP contribution in [-0.2, 0) is 4.79 Å². The Balaban J connectivity index is 2.35. The molecule has 0 spiro atoms. The molecular formula is C9H13FN4O. The summed E-state index contributed by atoms with van der Waals surface area (Å²) in [5.41, 5.74) is 0. The van der Waals surface area contributed by atoms with E-state index in [1.165, 1.54) is 11.0 Å². The van der Waals surface area contributed by atoms with E-state index in [9.17, 15) is 9.18 Å². The molecule has 1 heterocycles. The van der Waals surface area contributed by atoms with Crippen LogP contribution in [0.4, 0.5) is 10.2 Å². The highest BCUT2D eigenvalue weighted by atomic mass is 19.1. The van der Waals surface area contributed by atoms with Gasteiger partial charge in [0.25, 0.3) is 0 Å². The van der Waals surface area contributed by atoms with Crippen molar-refractivity contribution in [2.24, 2.45) is 0 Å². The zero-order valence-electron chi connectivity index (χ0n) is 8.70. The largest absolute Gasteiger partial charge is 0.369 e. The maximum atomic E-state index is 12.6. The van der Waals surface area contributed by atoms with E-state index in [1.54, 1.807) is 14.1 Å². The quantitative estimate of drug-likeness (QED) is 0.739. The molecule has 82 valence electrons. The van der Waals surface area contributed by atoms with Crippen molar-refractivity contribution in [2.45, 2.75) is 6.42 Å². The van der Waals surface area contributed by atoms with Crippen LogP contribution in [-0.4, -0.2) is 41.4 Å². The van der Waals surface area contributed by atoms with Crippen LogP contribution >= 0.6 is 0 Å². The van der Waals surface area contributed by atoms with Crippen LogP contribution in [0.1, 0.15) is 6.42 Å². The van der Waals surface area contributed by atoms with E-state index in [0.717, 1.165) is 6.33 Å². The first-order valence-electron chi connectivity index (χ1n) is 4.51. The average Bonchev–Trinajstić information content (AvgIpc) is 2.17. The number of hydrogen-bond donors (Lipinski definition) is 1. The van der Waals surface area contributed by atoms with Crippen molar-refractivity contribution < 1.29 is 9.18 Å². The van der Waals surface area contributed by atoms with Gasteiger partial charge < -0.3 is 10.2 Å². The molecule has 1 amide bonds. The summed E-state index contributed by atoms with van der Waals surface area (Å²) in [6, 6.07) is 1.18. The fraction of sp³-hybridized carbons (Fsp3) is 0.444. The molecule has 0 unspecified atom stereocenters. The Morgan fingerprint density at radius 1 is 1.53 bits per heavy atom. The van der Waals surface area contributed by atoms with Crippen molar-refractivity contribution in [3.8, 4) is 0 Å². The lowest BCUT2D eigenvalue weighted by Gasteiger charge is -2.10. The minimum Gasteiger partial charge on any atom is -0.369 e. The Labute approximate surface area is 87.3 Å². The van der Waals surface area contributed by atoms with Gasteiger partial charge in [0.2, 0.25) is 11.9 Å². The number of nitrogens with zero attached hydrogens (tertiary/aromatic N) is 3. The third kappa shape index (κ3) is 3.88. The number of halogens is 1. The van der Waals surface area contributed by atoms with Crippen LogP contribution in [0.15, 0.2) is 12.4 Å². The van der Waals surface area contributed by atoms with E-state index < -0.39 is 5.95 Å². The normalized spacial score (nSPS) is 9.80. The van der Waals surface area contributed by atoms with Crippen molar-refractivity contribution in [3.05, 3.63) is 18.3 Å². The van der Waals surface area contributed by atoms with Crippen molar-refractivity contribution in [1.29, 1.82) is 0 Å². The monoisotopic (exact) mass is 212 g/mol. The first-order chi connectivity index (χ1) is 7.09. The highest BCUT2D eigenvalue weighted by Gasteiger charge is 2.03. The van der Waals surface area contributed by atoms with E-state index >= 15 is 0 Å². The lowest BCUT2D eigenvalue weighted by atomic mass is 10.4. The van der Waals surface area contributed by atoms with Crippen molar-refractivity contribution in [3.63, 3.8) is 0 Å². The van der Waals surface area contributed by atoms with Gasteiger partial charge in [0.15, 0.2) is 0 Å². The van der Waals surface area contributed by atoms with Gasteiger partial charge in [-0.15, -0.1) is 0 Å². The zero-order valence-corrected chi connectivity index (χ0v) is 8.70. The Bertz CT molecular complexity index is 343. The average molecular weight is 212 g/mol. The minimum absolute atomic E-state index is 0.0111. The first-order valence-corrected chi connectivity index (χ1v) is 4.51. The second-order valence-corrected chi connectivity index (χ2v) is 3.19. The molecule has 1 rings (SSSR count). The molecule has 15 heavy (non-hydrogen) atoms. The molecule has 1 aromatic heterocycles. The van der Waals surface area contributed by atoms with Crippen LogP contribution < -0.4 is 5.32 Å². The summed E-state index contributed by atoms with van der Waals surface area (Å²) in [4.78, 5) is 19.8. The SMILES string of the molecule is CN(C)C(=O)CCNc1cc(F)ncn1. The number of carbonyl (C=O) groups excluding carboxylic acids is 1. The van der Waals surface area contributed by atoms with Crippen molar-refractivity contribution >= 4 is 11.7 Å². The highest BCUT2D eigenvalue weighted by Crippen LogP contribution is 2.02. The third-order valence-corrected chi connectivity index (χ3v) is 1.78. The predicted molar refractivity (Wildman–Crippen MR) is 53.8 cm³/mol. The summed E-state index contributed by atoms with van der Waals surface area (Å²) in [6.45, 7) is 0.424. The van der Waals surface area contributed by atoms with Crippen molar-refractivity contribution in [2.75, 3.05) is 26.0 Å². The van der Waals surface area contributed by atoms with Gasteiger partial charge >= 0.3 is 0 Å². The van der Waals surface area contributed by atoms with Gasteiger partial charge in [0.05, 0.1) is 0 Å². The number of rotatable bonds is 4. The van der Waals surface area contributed by atoms with E-state index in [-0.39, 0.29) is 5.91 Å². The second kappa shape index (κ2) is 5.23. The molecule has 1 N–H and O–H groups in total. The Morgan fingerprint density at radius 3 is 2.87 bits per heavy atom. The Kier molecular flexibility index (Phi) is 3.96. The summed E-state index contributed by atoms with van der Waals surface area (Å²) >= 11 is 0. The smallest absolute Gasteiger partial charge is 0.223 e. The van der Waals surface area contributed by atoms with E-state index in [2.05, 4.69) is 15.3 Å². The van der Waals surface area contributed by atoms with Crippen molar-refractivity contribution in [1.82, 2.24) is 14.9 Å². The highest BCUT2D eigenvalue weighted by molar-refractivity contribution is 5.76. The Morgan fingerprint density at radius 2 is 2.27 bits per heavy atom. The molecule has 0 fully saturated rings. The molecule has 0 aliphatic heterocycles. The summed E-state index contributed by atoms with van der Waals surface area (Å²) in [7, 11) is 3.37. The molecule has 0 aromatic carbocycles. The molecule has 6 heteroatoms. The Hall–Kier alpha value is -1.72. The van der Waals surface area contributed by atoms with Crippen LogP contribution in [0.25, 0.3) is 0 Å². The minimum atomic E-state index is -0.591. The van der Waals surface area contributed by atoms with Crippen LogP contribution in [0, 0.1) is 5.95 Å². The lowest BCUT2D eigenvalue weighted by molar-refractivity contribution is -0.128. The van der Waals surface area contributed by atoms with E-state index in [1.807, 2.05) is 0 Å². The molecule has 0 aliphatic carbocycles. The predicted octanol–water partition coefficient (Wildman–Crippen LogP) is 0.506. The molecule has 0 aliphatic rings. The van der Waals surface area contributed by atoms with Gasteiger partial charge in [0, 0.05) is 33.1 Å². The van der Waals surface area contributed by atoms with Gasteiger partial charge in [0.1, 0.15) is 12.1 Å². The number of nitrogens with one attached hydrogen (secondary N) is 1. The number of carbonyl (C=O) groups is 1. The number of hydrogen-bond acceptors (Lipinski definition) is 4. The van der Waals surface area contributed by atoms with Crippen LogP contribution in [0.2, 0.25) is 0 Å². The molecule has 1 aromatic rings. The number of aromatic nitrogens is 2. The number of amides is 1. The molecule has 5 nitrogen and oxygen atoms in total. The van der Waals surface area contributed by atoms with Crippen LogP contribution in [0.5, 0.6) is 0 Å². The van der Waals surface area contributed by atoms with E-state index in [0.29, 0.717) is 18.8 Å². The van der Waals surface area contributed by atoms with Gasteiger partial charge in [-0.3, -0.25) is 4.79 Å². The zero-order chi connectivity index (χ0) is 11.3. The molecule has 0 radical (unpaired) electrons. The molecule has 0 saturated heterocycles. The molecule has 0 bridgehead atoms. The lowest BCUT2D eigenvalue weighted by Crippen LogP contribution is -2.24. The van der Waals surface area contributed by atoms with Crippen LogP contribution in [0.3, 0.4) is 0 Å². The van der Waals surface area contributed by atoms with Gasteiger partial charge in [-0.1, -0.05) is 0 Å². The van der Waals surface area contributed by atoms with E-state index in [4.69, 9.17) is 0 Å². The third-order valence-electron chi connectivity index (χ3n) is 1.78. The molecular weight excluding hydrogens is 199 g/mol. The van der Waals surface area contributed by atoms with Gasteiger partial charge in [-0.25, -0.2) is 9.97 Å². The fourth-order valence-electron chi connectivity index (χ4n) is 0.951. The molecule has 0 atom stereocenters. The van der Waals surface area contributed by atoms with Gasteiger partial charge in [-0.05, 0) is 0 Å². The standard InChI is InChI=1S/C9H13FN4O/c1-14(2)9(15)3-4-11-8-5-7(10)12-6-13-8/h5-6H,3-4H2,1-2H3,(H,11,12,13). The maximum Gasteiger partial charge on any atom is 0.223 e. The summed E-state index contributed by atoms with van der Waals surface area (Å²) in [5.74, 6) is -0.197. The summed E-state index contributed by atoms with van der Waals surface area (Å²) in [5, 5.41) is 2.83. The topological polar surface area (TPSA) is 58.1 Å². The first kappa shape index (κ1) is 11.4. The second-order valence-electron chi connectivity index (χ2n) is 3.19. The molecule has 0 saturated carbocycles. The summed E-state index contributed by atoms with van der Waals surface area (Å²) < 4.78 is 12.6. The summed E-state index contributed by atoms with van der Waals surface area (Å²) in [6.07, 6.45) is 1.48. The maximum absolute atomic E-state index is 12.6. The van der Waals surface area contributed by atoms with Gasteiger partial charge in [-0.2, -0.15) is 4.39 Å². The number of anilines is 1.